The minimum atomic E-state index is 0.489. The zero-order chi connectivity index (χ0) is 13.9. The Morgan fingerprint density at radius 3 is 2.80 bits per heavy atom. The van der Waals surface area contributed by atoms with Crippen LogP contribution in [0.15, 0.2) is 24.4 Å². The van der Waals surface area contributed by atoms with E-state index >= 15 is 0 Å². The summed E-state index contributed by atoms with van der Waals surface area (Å²) in [5.41, 5.74) is 2.25. The number of nitrogens with zero attached hydrogens (tertiary/aromatic N) is 3. The molecular weight excluding hydrogens is 250 g/mol. The maximum Gasteiger partial charge on any atom is 0.135 e. The molecule has 0 saturated carbocycles. The molecule has 20 heavy (non-hydrogen) atoms. The van der Waals surface area contributed by atoms with E-state index in [2.05, 4.69) is 25.6 Å². The van der Waals surface area contributed by atoms with Crippen LogP contribution in [0.3, 0.4) is 0 Å². The third kappa shape index (κ3) is 2.93. The topological polar surface area (TPSA) is 62.7 Å². The summed E-state index contributed by atoms with van der Waals surface area (Å²) in [6.45, 7) is 6.02. The quantitative estimate of drug-likeness (QED) is 0.895. The second-order valence-electron chi connectivity index (χ2n) is 5.26. The highest BCUT2D eigenvalue weighted by Gasteiger charge is 2.19. The molecule has 104 valence electrons. The van der Waals surface area contributed by atoms with E-state index in [1.54, 1.807) is 0 Å². The van der Waals surface area contributed by atoms with Gasteiger partial charge in [0.1, 0.15) is 17.5 Å². The highest BCUT2D eigenvalue weighted by molar-refractivity contribution is 5.52. The molecule has 3 heterocycles. The molecule has 5 nitrogen and oxygen atoms in total. The number of hydrogen-bond donors (Lipinski definition) is 2. The maximum atomic E-state index is 4.56. The summed E-state index contributed by atoms with van der Waals surface area (Å²) in [6, 6.07) is 6.03. The van der Waals surface area contributed by atoms with Gasteiger partial charge in [0, 0.05) is 24.7 Å². The van der Waals surface area contributed by atoms with Crippen LogP contribution in [0.4, 0.5) is 11.6 Å². The van der Waals surface area contributed by atoms with Gasteiger partial charge in [-0.3, -0.25) is 0 Å². The van der Waals surface area contributed by atoms with Crippen molar-refractivity contribution in [3.8, 4) is 0 Å². The van der Waals surface area contributed by atoms with Crippen molar-refractivity contribution >= 4 is 11.6 Å². The lowest BCUT2D eigenvalue weighted by atomic mass is 10.0. The van der Waals surface area contributed by atoms with Gasteiger partial charge in [0.05, 0.1) is 5.69 Å². The SMILES string of the molecule is Cc1ccc(Nc2cc(C3CCNC3)nc(C)n2)nc1. The number of aromatic nitrogens is 3. The van der Waals surface area contributed by atoms with Gasteiger partial charge in [-0.2, -0.15) is 0 Å². The first kappa shape index (κ1) is 13.0. The summed E-state index contributed by atoms with van der Waals surface area (Å²) < 4.78 is 0. The Kier molecular flexibility index (Phi) is 3.60. The third-order valence-corrected chi connectivity index (χ3v) is 3.50. The third-order valence-electron chi connectivity index (χ3n) is 3.50. The van der Waals surface area contributed by atoms with Crippen LogP contribution in [0.5, 0.6) is 0 Å². The van der Waals surface area contributed by atoms with Crippen molar-refractivity contribution in [3.05, 3.63) is 41.5 Å². The molecule has 2 aromatic rings. The molecule has 0 aliphatic carbocycles. The van der Waals surface area contributed by atoms with Gasteiger partial charge in [-0.25, -0.2) is 15.0 Å². The molecule has 1 aliphatic rings. The standard InChI is InChI=1S/C15H19N5/c1-10-3-4-14(17-8-10)20-15-7-13(18-11(2)19-15)12-5-6-16-9-12/h3-4,7-8,12,16H,5-6,9H2,1-2H3,(H,17,18,19,20). The molecule has 0 radical (unpaired) electrons. The predicted octanol–water partition coefficient (Wildman–Crippen LogP) is 2.31. The zero-order valence-corrected chi connectivity index (χ0v) is 11.8. The maximum absolute atomic E-state index is 4.56. The lowest BCUT2D eigenvalue weighted by molar-refractivity contribution is 0.725. The Morgan fingerprint density at radius 2 is 2.10 bits per heavy atom. The normalized spacial score (nSPS) is 18.2. The molecule has 0 amide bonds. The van der Waals surface area contributed by atoms with Crippen LogP contribution in [-0.4, -0.2) is 28.0 Å². The van der Waals surface area contributed by atoms with Gasteiger partial charge < -0.3 is 10.6 Å². The first-order chi connectivity index (χ1) is 9.70. The van der Waals surface area contributed by atoms with Crippen molar-refractivity contribution in [3.63, 3.8) is 0 Å². The predicted molar refractivity (Wildman–Crippen MR) is 79.3 cm³/mol. The number of anilines is 2. The van der Waals surface area contributed by atoms with E-state index in [9.17, 15) is 0 Å². The van der Waals surface area contributed by atoms with Gasteiger partial charge in [-0.15, -0.1) is 0 Å². The lowest BCUT2D eigenvalue weighted by Crippen LogP contribution is -2.10. The second kappa shape index (κ2) is 5.54. The number of nitrogens with one attached hydrogen (secondary N) is 2. The summed E-state index contributed by atoms with van der Waals surface area (Å²) in [7, 11) is 0. The molecule has 1 saturated heterocycles. The monoisotopic (exact) mass is 269 g/mol. The van der Waals surface area contributed by atoms with Gasteiger partial charge in [0.25, 0.3) is 0 Å². The molecule has 3 rings (SSSR count). The molecule has 1 aliphatic heterocycles. The number of rotatable bonds is 3. The minimum absolute atomic E-state index is 0.489. The molecule has 2 N–H and O–H groups in total. The zero-order valence-electron chi connectivity index (χ0n) is 11.8. The van der Waals surface area contributed by atoms with Crippen LogP contribution in [-0.2, 0) is 0 Å². The Hall–Kier alpha value is -2.01. The summed E-state index contributed by atoms with van der Waals surface area (Å²) >= 11 is 0. The van der Waals surface area contributed by atoms with E-state index in [4.69, 9.17) is 0 Å². The van der Waals surface area contributed by atoms with E-state index in [1.165, 1.54) is 0 Å². The Bertz CT molecular complexity index is 588. The smallest absolute Gasteiger partial charge is 0.135 e. The van der Waals surface area contributed by atoms with E-state index in [0.29, 0.717) is 5.92 Å². The van der Waals surface area contributed by atoms with Gasteiger partial charge in [-0.1, -0.05) is 6.07 Å². The fourth-order valence-corrected chi connectivity index (χ4v) is 2.44. The van der Waals surface area contributed by atoms with Crippen molar-refractivity contribution in [1.29, 1.82) is 0 Å². The number of hydrogen-bond acceptors (Lipinski definition) is 5. The van der Waals surface area contributed by atoms with Crippen LogP contribution < -0.4 is 10.6 Å². The fraction of sp³-hybridized carbons (Fsp3) is 0.400. The first-order valence-electron chi connectivity index (χ1n) is 6.97. The van der Waals surface area contributed by atoms with Crippen LogP contribution >= 0.6 is 0 Å². The molecular formula is C15H19N5. The molecule has 1 atom stereocenters. The van der Waals surface area contributed by atoms with Gasteiger partial charge in [-0.05, 0) is 38.4 Å². The van der Waals surface area contributed by atoms with E-state index in [-0.39, 0.29) is 0 Å². The van der Waals surface area contributed by atoms with Crippen molar-refractivity contribution < 1.29 is 0 Å². The molecule has 0 spiro atoms. The fourth-order valence-electron chi connectivity index (χ4n) is 2.44. The molecule has 1 unspecified atom stereocenters. The number of pyridine rings is 1. The van der Waals surface area contributed by atoms with Crippen LogP contribution in [0.25, 0.3) is 0 Å². The highest BCUT2D eigenvalue weighted by atomic mass is 15.1. The molecule has 5 heteroatoms. The van der Waals surface area contributed by atoms with Crippen molar-refractivity contribution in [1.82, 2.24) is 20.3 Å². The van der Waals surface area contributed by atoms with Crippen LogP contribution in [0, 0.1) is 13.8 Å². The van der Waals surface area contributed by atoms with Crippen molar-refractivity contribution in [2.75, 3.05) is 18.4 Å². The second-order valence-corrected chi connectivity index (χ2v) is 5.26. The Labute approximate surface area is 118 Å². The van der Waals surface area contributed by atoms with Gasteiger partial charge >= 0.3 is 0 Å². The average molecular weight is 269 g/mol. The van der Waals surface area contributed by atoms with Crippen LogP contribution in [0.2, 0.25) is 0 Å². The molecule has 0 aromatic carbocycles. The molecule has 0 bridgehead atoms. The number of aryl methyl sites for hydroxylation is 2. The molecule has 1 fully saturated rings. The van der Waals surface area contributed by atoms with Gasteiger partial charge in [0.2, 0.25) is 0 Å². The van der Waals surface area contributed by atoms with Crippen molar-refractivity contribution in [2.45, 2.75) is 26.2 Å². The first-order valence-corrected chi connectivity index (χ1v) is 6.97. The van der Waals surface area contributed by atoms with Crippen molar-refractivity contribution in [2.24, 2.45) is 0 Å². The van der Waals surface area contributed by atoms with E-state index < -0.39 is 0 Å². The lowest BCUT2D eigenvalue weighted by Gasteiger charge is -2.11. The minimum Gasteiger partial charge on any atom is -0.325 e. The summed E-state index contributed by atoms with van der Waals surface area (Å²) in [6.07, 6.45) is 2.98. The Morgan fingerprint density at radius 1 is 1.20 bits per heavy atom. The van der Waals surface area contributed by atoms with E-state index in [0.717, 1.165) is 48.2 Å². The largest absolute Gasteiger partial charge is 0.325 e. The van der Waals surface area contributed by atoms with Crippen LogP contribution in [0.1, 0.15) is 29.4 Å². The Balaban J connectivity index is 1.83. The average Bonchev–Trinajstić information content (AvgIpc) is 2.95. The summed E-state index contributed by atoms with van der Waals surface area (Å²) in [5.74, 6) is 2.91. The molecule has 2 aromatic heterocycles. The summed E-state index contributed by atoms with van der Waals surface area (Å²) in [4.78, 5) is 13.3. The van der Waals surface area contributed by atoms with E-state index in [1.807, 2.05) is 38.2 Å². The highest BCUT2D eigenvalue weighted by Crippen LogP contribution is 2.23. The summed E-state index contributed by atoms with van der Waals surface area (Å²) in [5, 5.41) is 6.63. The van der Waals surface area contributed by atoms with Gasteiger partial charge in [0.15, 0.2) is 0 Å².